The van der Waals surface area contributed by atoms with Gasteiger partial charge in [0.05, 0.1) is 14.6 Å². The molecule has 0 aliphatic carbocycles. The Bertz CT molecular complexity index is 1330. The summed E-state index contributed by atoms with van der Waals surface area (Å²) < 4.78 is 20.7. The average Bonchev–Trinajstić information content (AvgIpc) is 2.82. The second kappa shape index (κ2) is 10.5. The minimum Gasteiger partial charge on any atom is -0.486 e. The van der Waals surface area contributed by atoms with E-state index in [4.69, 9.17) is 4.74 Å². The molecule has 1 N–H and O–H groups in total. The van der Waals surface area contributed by atoms with Crippen molar-refractivity contribution in [1.29, 1.82) is 0 Å². The molecule has 0 aromatic heterocycles. The number of carbonyl (C=O) groups excluding carboxylic acids is 3. The van der Waals surface area contributed by atoms with Gasteiger partial charge in [-0.3, -0.25) is 14.9 Å². The molecule has 1 aliphatic rings. The van der Waals surface area contributed by atoms with Crippen molar-refractivity contribution in [2.45, 2.75) is 20.0 Å². The predicted molar refractivity (Wildman–Crippen MR) is 137 cm³/mol. The van der Waals surface area contributed by atoms with Crippen LogP contribution in [0.15, 0.2) is 75.2 Å². The summed E-state index contributed by atoms with van der Waals surface area (Å²) in [7, 11) is 0. The lowest BCUT2D eigenvalue weighted by Crippen LogP contribution is -2.54. The van der Waals surface area contributed by atoms with Gasteiger partial charge in [-0.05, 0) is 85.8 Å². The lowest BCUT2D eigenvalue weighted by atomic mass is 10.1. The molecule has 4 rings (SSSR count). The van der Waals surface area contributed by atoms with Crippen molar-refractivity contribution in [1.82, 2.24) is 5.32 Å². The molecular formula is C26H19Br2FN2O4. The summed E-state index contributed by atoms with van der Waals surface area (Å²) in [6.45, 7) is 2.01. The molecule has 0 bridgehead atoms. The third-order valence-corrected chi connectivity index (χ3v) is 6.54. The Morgan fingerprint density at radius 2 is 1.66 bits per heavy atom. The summed E-state index contributed by atoms with van der Waals surface area (Å²) in [6, 6.07) is 15.8. The van der Waals surface area contributed by atoms with Crippen molar-refractivity contribution in [3.8, 4) is 5.75 Å². The molecule has 4 amide bonds. The minimum absolute atomic E-state index is 0.0130. The van der Waals surface area contributed by atoms with E-state index < -0.39 is 17.8 Å². The number of aryl methyl sites for hydroxylation is 1. The fourth-order valence-corrected chi connectivity index (χ4v) is 4.96. The van der Waals surface area contributed by atoms with Gasteiger partial charge in [0.1, 0.15) is 23.7 Å². The lowest BCUT2D eigenvalue weighted by Gasteiger charge is -2.26. The van der Waals surface area contributed by atoms with E-state index in [2.05, 4.69) is 37.2 Å². The van der Waals surface area contributed by atoms with Gasteiger partial charge in [-0.15, -0.1) is 0 Å². The van der Waals surface area contributed by atoms with Gasteiger partial charge < -0.3 is 4.74 Å². The molecule has 9 heteroatoms. The van der Waals surface area contributed by atoms with Crippen LogP contribution in [0.4, 0.5) is 14.9 Å². The monoisotopic (exact) mass is 600 g/mol. The highest BCUT2D eigenvalue weighted by molar-refractivity contribution is 9.11. The zero-order valence-electron chi connectivity index (χ0n) is 18.5. The zero-order chi connectivity index (χ0) is 25.1. The summed E-state index contributed by atoms with van der Waals surface area (Å²) in [4.78, 5) is 39.0. The first-order valence-electron chi connectivity index (χ1n) is 10.6. The highest BCUT2D eigenvalue weighted by Gasteiger charge is 2.36. The molecule has 1 fully saturated rings. The number of imide groups is 2. The highest BCUT2D eigenvalue weighted by atomic mass is 79.9. The van der Waals surface area contributed by atoms with Gasteiger partial charge in [0.2, 0.25) is 0 Å². The second-order valence-electron chi connectivity index (χ2n) is 7.67. The first-order chi connectivity index (χ1) is 16.8. The number of nitrogens with zero attached hydrogens (tertiary/aromatic N) is 1. The van der Waals surface area contributed by atoms with Crippen LogP contribution in [0.2, 0.25) is 0 Å². The Morgan fingerprint density at radius 3 is 2.29 bits per heavy atom. The molecule has 0 atom stereocenters. The van der Waals surface area contributed by atoms with Crippen LogP contribution < -0.4 is 15.0 Å². The third kappa shape index (κ3) is 5.36. The molecule has 6 nitrogen and oxygen atoms in total. The van der Waals surface area contributed by atoms with E-state index in [0.29, 0.717) is 31.5 Å². The number of hydrogen-bond donors (Lipinski definition) is 1. The first kappa shape index (κ1) is 24.8. The Hall–Kier alpha value is -3.30. The Kier molecular flexibility index (Phi) is 7.47. The van der Waals surface area contributed by atoms with E-state index in [0.717, 1.165) is 16.9 Å². The molecule has 35 heavy (non-hydrogen) atoms. The van der Waals surface area contributed by atoms with E-state index in [1.165, 1.54) is 12.1 Å². The van der Waals surface area contributed by atoms with Gasteiger partial charge in [0.25, 0.3) is 11.8 Å². The molecule has 0 radical (unpaired) electrons. The number of amides is 4. The van der Waals surface area contributed by atoms with Gasteiger partial charge in [-0.2, -0.15) is 0 Å². The van der Waals surface area contributed by atoms with E-state index >= 15 is 0 Å². The second-order valence-corrected chi connectivity index (χ2v) is 9.38. The first-order valence-corrected chi connectivity index (χ1v) is 12.2. The van der Waals surface area contributed by atoms with E-state index in [1.807, 2.05) is 19.1 Å². The van der Waals surface area contributed by atoms with Crippen LogP contribution >= 0.6 is 31.9 Å². The summed E-state index contributed by atoms with van der Waals surface area (Å²) in [5.41, 5.74) is 2.14. The number of rotatable bonds is 6. The molecule has 1 heterocycles. The summed E-state index contributed by atoms with van der Waals surface area (Å²) in [5, 5.41) is 2.22. The average molecular weight is 602 g/mol. The SMILES string of the molecule is CCc1ccc(N2C(=O)NC(=O)/C(=C/c3cc(Br)c(OCc4ccccc4F)c(Br)c3)C2=O)cc1. The van der Waals surface area contributed by atoms with Crippen LogP contribution in [0.3, 0.4) is 0 Å². The number of hydrogen-bond acceptors (Lipinski definition) is 4. The summed E-state index contributed by atoms with van der Waals surface area (Å²) in [6.07, 6.45) is 2.21. The van der Waals surface area contributed by atoms with Gasteiger partial charge >= 0.3 is 6.03 Å². The number of nitrogens with one attached hydrogen (secondary N) is 1. The number of ether oxygens (including phenoxy) is 1. The van der Waals surface area contributed by atoms with Crippen LogP contribution in [-0.4, -0.2) is 17.8 Å². The van der Waals surface area contributed by atoms with Crippen molar-refractivity contribution in [2.24, 2.45) is 0 Å². The Morgan fingerprint density at radius 1 is 1.00 bits per heavy atom. The number of carbonyl (C=O) groups is 3. The van der Waals surface area contributed by atoms with E-state index in [9.17, 15) is 18.8 Å². The van der Waals surface area contributed by atoms with Crippen LogP contribution in [0.1, 0.15) is 23.6 Å². The maximum atomic E-state index is 13.9. The fraction of sp³-hybridized carbons (Fsp3) is 0.115. The van der Waals surface area contributed by atoms with Crippen molar-refractivity contribution in [2.75, 3.05) is 4.90 Å². The Balaban J connectivity index is 1.60. The normalized spacial score (nSPS) is 14.9. The molecule has 3 aromatic carbocycles. The standard InChI is InChI=1S/C26H19Br2FN2O4/c1-2-15-7-9-18(10-8-15)31-25(33)19(24(32)30-26(31)34)11-16-12-20(27)23(21(28)13-16)35-14-17-5-3-4-6-22(17)29/h3-13H,2,14H2,1H3,(H,30,32,34)/b19-11-. The summed E-state index contributed by atoms with van der Waals surface area (Å²) in [5.74, 6) is -1.45. The number of urea groups is 1. The van der Waals surface area contributed by atoms with Crippen molar-refractivity contribution in [3.05, 3.63) is 97.7 Å². The van der Waals surface area contributed by atoms with Crippen molar-refractivity contribution < 1.29 is 23.5 Å². The molecule has 0 spiro atoms. The fourth-order valence-electron chi connectivity index (χ4n) is 3.51. The maximum absolute atomic E-state index is 13.9. The Labute approximate surface area is 218 Å². The maximum Gasteiger partial charge on any atom is 0.335 e. The van der Waals surface area contributed by atoms with Gasteiger partial charge in [-0.25, -0.2) is 14.1 Å². The van der Waals surface area contributed by atoms with Crippen molar-refractivity contribution >= 4 is 61.5 Å². The van der Waals surface area contributed by atoms with Crippen LogP contribution in [0, 0.1) is 5.82 Å². The van der Waals surface area contributed by atoms with E-state index in [-0.39, 0.29) is 18.0 Å². The quantitative estimate of drug-likeness (QED) is 0.271. The van der Waals surface area contributed by atoms with Crippen LogP contribution in [0.5, 0.6) is 5.75 Å². The minimum atomic E-state index is -0.805. The topological polar surface area (TPSA) is 75.7 Å². The molecule has 1 saturated heterocycles. The largest absolute Gasteiger partial charge is 0.486 e. The molecular weight excluding hydrogens is 583 g/mol. The molecule has 0 saturated carbocycles. The highest BCUT2D eigenvalue weighted by Crippen LogP contribution is 2.36. The molecule has 0 unspecified atom stereocenters. The zero-order valence-corrected chi connectivity index (χ0v) is 21.7. The van der Waals surface area contributed by atoms with Crippen LogP contribution in [0.25, 0.3) is 6.08 Å². The molecule has 178 valence electrons. The summed E-state index contributed by atoms with van der Waals surface area (Å²) >= 11 is 6.86. The number of halogens is 3. The van der Waals surface area contributed by atoms with Crippen LogP contribution in [-0.2, 0) is 22.6 Å². The van der Waals surface area contributed by atoms with Gasteiger partial charge in [0, 0.05) is 5.56 Å². The lowest BCUT2D eigenvalue weighted by molar-refractivity contribution is -0.122. The molecule has 3 aromatic rings. The van der Waals surface area contributed by atoms with E-state index in [1.54, 1.807) is 42.5 Å². The predicted octanol–water partition coefficient (Wildman–Crippen LogP) is 6.16. The molecule has 1 aliphatic heterocycles. The van der Waals surface area contributed by atoms with Gasteiger partial charge in [0.15, 0.2) is 0 Å². The number of barbiturate groups is 1. The number of benzene rings is 3. The van der Waals surface area contributed by atoms with Crippen molar-refractivity contribution in [3.63, 3.8) is 0 Å². The number of anilines is 1. The third-order valence-electron chi connectivity index (χ3n) is 5.37. The van der Waals surface area contributed by atoms with Gasteiger partial charge in [-0.1, -0.05) is 37.3 Å². The smallest absolute Gasteiger partial charge is 0.335 e.